The molecule has 0 saturated carbocycles. The van der Waals surface area contributed by atoms with Crippen LogP contribution in [0.3, 0.4) is 0 Å². The lowest BCUT2D eigenvalue weighted by molar-refractivity contribution is 0.0950. The highest BCUT2D eigenvalue weighted by Gasteiger charge is 2.10. The highest BCUT2D eigenvalue weighted by atomic mass is 19.1. The van der Waals surface area contributed by atoms with Crippen LogP contribution in [0, 0.1) is 31.0 Å². The number of carbonyl (C=O) groups is 1. The molecule has 0 spiro atoms. The van der Waals surface area contributed by atoms with Gasteiger partial charge in [-0.3, -0.25) is 4.79 Å². The van der Waals surface area contributed by atoms with Gasteiger partial charge in [0, 0.05) is 17.7 Å². The first-order valence-electron chi connectivity index (χ1n) is 6.55. The fraction of sp³-hybridized carbons (Fsp3) is 0.176. The second-order valence-corrected chi connectivity index (χ2v) is 4.92. The molecule has 0 unspecified atom stereocenters. The predicted octanol–water partition coefficient (Wildman–Crippen LogP) is 3.24. The van der Waals surface area contributed by atoms with E-state index in [1.165, 1.54) is 18.2 Å². The van der Waals surface area contributed by atoms with Gasteiger partial charge in [-0.2, -0.15) is 5.26 Å². The van der Waals surface area contributed by atoms with E-state index in [2.05, 4.69) is 5.32 Å². The molecular weight excluding hydrogens is 267 g/mol. The van der Waals surface area contributed by atoms with Crippen molar-refractivity contribution in [2.75, 3.05) is 0 Å². The number of amides is 1. The maximum Gasteiger partial charge on any atom is 0.251 e. The summed E-state index contributed by atoms with van der Waals surface area (Å²) < 4.78 is 13.7. The Labute approximate surface area is 123 Å². The minimum Gasteiger partial charge on any atom is -0.348 e. The van der Waals surface area contributed by atoms with E-state index in [0.29, 0.717) is 11.1 Å². The summed E-state index contributed by atoms with van der Waals surface area (Å²) in [5.74, 6) is -0.727. The van der Waals surface area contributed by atoms with Crippen LogP contribution in [-0.2, 0) is 6.54 Å². The lowest BCUT2D eigenvalue weighted by Crippen LogP contribution is -2.24. The Morgan fingerprint density at radius 3 is 2.67 bits per heavy atom. The summed E-state index contributed by atoms with van der Waals surface area (Å²) >= 11 is 0. The second-order valence-electron chi connectivity index (χ2n) is 4.92. The van der Waals surface area contributed by atoms with Crippen LogP contribution in [0.4, 0.5) is 4.39 Å². The second kappa shape index (κ2) is 6.19. The van der Waals surface area contributed by atoms with E-state index in [-0.39, 0.29) is 18.0 Å². The average molecular weight is 282 g/mol. The van der Waals surface area contributed by atoms with Gasteiger partial charge in [0.25, 0.3) is 5.91 Å². The first kappa shape index (κ1) is 14.7. The van der Waals surface area contributed by atoms with E-state index in [0.717, 1.165) is 11.1 Å². The third kappa shape index (κ3) is 3.46. The molecule has 2 aromatic rings. The van der Waals surface area contributed by atoms with Crippen molar-refractivity contribution in [3.05, 3.63) is 70.0 Å². The fourth-order valence-electron chi connectivity index (χ4n) is 2.01. The Morgan fingerprint density at radius 1 is 1.24 bits per heavy atom. The van der Waals surface area contributed by atoms with Gasteiger partial charge in [0.05, 0.1) is 11.6 Å². The molecule has 0 bridgehead atoms. The lowest BCUT2D eigenvalue weighted by Gasteiger charge is -2.09. The summed E-state index contributed by atoms with van der Waals surface area (Å²) in [6.45, 7) is 3.86. The number of rotatable bonds is 3. The van der Waals surface area contributed by atoms with Gasteiger partial charge in [0.1, 0.15) is 5.82 Å². The topological polar surface area (TPSA) is 52.9 Å². The van der Waals surface area contributed by atoms with Crippen molar-refractivity contribution >= 4 is 5.91 Å². The molecule has 1 amide bonds. The average Bonchev–Trinajstić information content (AvgIpc) is 2.48. The van der Waals surface area contributed by atoms with Crippen LogP contribution in [0.2, 0.25) is 0 Å². The van der Waals surface area contributed by atoms with Crippen molar-refractivity contribution in [2.24, 2.45) is 0 Å². The standard InChI is InChI=1S/C17H15FN2O/c1-11-3-4-12(2)15(7-11)17(21)20-10-14-6-5-13(9-19)8-16(14)18/h3-8H,10H2,1-2H3,(H,20,21). The Hall–Kier alpha value is -2.67. The number of benzene rings is 2. The van der Waals surface area contributed by atoms with Crippen LogP contribution >= 0.6 is 0 Å². The molecule has 0 atom stereocenters. The minimum absolute atomic E-state index is 0.0871. The van der Waals surface area contributed by atoms with Crippen molar-refractivity contribution < 1.29 is 9.18 Å². The van der Waals surface area contributed by atoms with Gasteiger partial charge in [0.2, 0.25) is 0 Å². The molecule has 3 nitrogen and oxygen atoms in total. The Bertz CT molecular complexity index is 732. The van der Waals surface area contributed by atoms with Gasteiger partial charge in [-0.25, -0.2) is 4.39 Å². The quantitative estimate of drug-likeness (QED) is 0.939. The number of nitriles is 1. The van der Waals surface area contributed by atoms with E-state index in [1.807, 2.05) is 32.0 Å². The molecule has 0 heterocycles. The molecule has 0 aromatic heterocycles. The smallest absolute Gasteiger partial charge is 0.251 e. The monoisotopic (exact) mass is 282 g/mol. The third-order valence-corrected chi connectivity index (χ3v) is 3.26. The summed E-state index contributed by atoms with van der Waals surface area (Å²) in [7, 11) is 0. The van der Waals surface area contributed by atoms with Crippen molar-refractivity contribution in [2.45, 2.75) is 20.4 Å². The van der Waals surface area contributed by atoms with Crippen molar-refractivity contribution in [3.63, 3.8) is 0 Å². The number of hydrogen-bond acceptors (Lipinski definition) is 2. The molecule has 21 heavy (non-hydrogen) atoms. The van der Waals surface area contributed by atoms with E-state index < -0.39 is 5.82 Å². The van der Waals surface area contributed by atoms with Gasteiger partial charge in [-0.1, -0.05) is 23.8 Å². The van der Waals surface area contributed by atoms with E-state index in [1.54, 1.807) is 6.07 Å². The van der Waals surface area contributed by atoms with Gasteiger partial charge in [0.15, 0.2) is 0 Å². The van der Waals surface area contributed by atoms with Gasteiger partial charge < -0.3 is 5.32 Å². The van der Waals surface area contributed by atoms with Crippen LogP contribution < -0.4 is 5.32 Å². The van der Waals surface area contributed by atoms with Gasteiger partial charge in [-0.05, 0) is 37.6 Å². The van der Waals surface area contributed by atoms with Crippen LogP contribution in [0.15, 0.2) is 36.4 Å². The number of nitrogens with one attached hydrogen (secondary N) is 1. The Balaban J connectivity index is 2.11. The first-order valence-corrected chi connectivity index (χ1v) is 6.55. The van der Waals surface area contributed by atoms with Crippen molar-refractivity contribution in [1.82, 2.24) is 5.32 Å². The van der Waals surface area contributed by atoms with Crippen LogP contribution in [-0.4, -0.2) is 5.91 Å². The van der Waals surface area contributed by atoms with Gasteiger partial charge >= 0.3 is 0 Å². The van der Waals surface area contributed by atoms with Crippen molar-refractivity contribution in [1.29, 1.82) is 5.26 Å². The fourth-order valence-corrected chi connectivity index (χ4v) is 2.01. The van der Waals surface area contributed by atoms with E-state index in [9.17, 15) is 9.18 Å². The number of halogens is 1. The normalized spacial score (nSPS) is 10.0. The summed E-state index contributed by atoms with van der Waals surface area (Å²) in [6.07, 6.45) is 0. The van der Waals surface area contributed by atoms with Crippen LogP contribution in [0.5, 0.6) is 0 Å². The summed E-state index contributed by atoms with van der Waals surface area (Å²) in [5.41, 5.74) is 3.07. The number of hydrogen-bond donors (Lipinski definition) is 1. The summed E-state index contributed by atoms with van der Waals surface area (Å²) in [6, 6.07) is 11.7. The molecular formula is C17H15FN2O. The molecule has 0 saturated heterocycles. The largest absolute Gasteiger partial charge is 0.348 e. The highest BCUT2D eigenvalue weighted by molar-refractivity contribution is 5.95. The Morgan fingerprint density at radius 2 is 2.00 bits per heavy atom. The zero-order valence-corrected chi connectivity index (χ0v) is 11.9. The van der Waals surface area contributed by atoms with Crippen LogP contribution in [0.1, 0.15) is 32.6 Å². The first-order chi connectivity index (χ1) is 10.0. The SMILES string of the molecule is Cc1ccc(C)c(C(=O)NCc2ccc(C#N)cc2F)c1. The maximum atomic E-state index is 13.7. The third-order valence-electron chi connectivity index (χ3n) is 3.26. The van der Waals surface area contributed by atoms with Crippen molar-refractivity contribution in [3.8, 4) is 6.07 Å². The highest BCUT2D eigenvalue weighted by Crippen LogP contribution is 2.12. The minimum atomic E-state index is -0.490. The molecule has 0 aliphatic rings. The lowest BCUT2D eigenvalue weighted by atomic mass is 10.0. The number of carbonyl (C=O) groups excluding carboxylic acids is 1. The molecule has 0 aliphatic carbocycles. The Kier molecular flexibility index (Phi) is 4.34. The molecule has 1 N–H and O–H groups in total. The molecule has 2 rings (SSSR count). The van der Waals surface area contributed by atoms with E-state index >= 15 is 0 Å². The molecule has 4 heteroatoms. The molecule has 0 radical (unpaired) electrons. The molecule has 0 fully saturated rings. The van der Waals surface area contributed by atoms with E-state index in [4.69, 9.17) is 5.26 Å². The maximum absolute atomic E-state index is 13.7. The van der Waals surface area contributed by atoms with Gasteiger partial charge in [-0.15, -0.1) is 0 Å². The number of aryl methyl sites for hydroxylation is 2. The summed E-state index contributed by atoms with van der Waals surface area (Å²) in [4.78, 5) is 12.1. The zero-order chi connectivity index (χ0) is 15.4. The van der Waals surface area contributed by atoms with Crippen LogP contribution in [0.25, 0.3) is 0 Å². The molecule has 106 valence electrons. The summed E-state index contributed by atoms with van der Waals surface area (Å²) in [5, 5.41) is 11.4. The molecule has 2 aromatic carbocycles. The zero-order valence-electron chi connectivity index (χ0n) is 11.9. The number of nitrogens with zero attached hydrogens (tertiary/aromatic N) is 1. The molecule has 0 aliphatic heterocycles. The predicted molar refractivity (Wildman–Crippen MR) is 78.2 cm³/mol.